The van der Waals surface area contributed by atoms with Crippen LogP contribution >= 0.6 is 22.6 Å². The van der Waals surface area contributed by atoms with Gasteiger partial charge in [-0.05, 0) is 72.9 Å². The van der Waals surface area contributed by atoms with E-state index in [1.165, 1.54) is 19.2 Å². The number of hydrogen-bond acceptors (Lipinski definition) is 7. The number of nitrogens with zero attached hydrogens (tertiary/aromatic N) is 1. The lowest BCUT2D eigenvalue weighted by Crippen LogP contribution is -2.33. The average molecular weight is 617 g/mol. The van der Waals surface area contributed by atoms with Crippen molar-refractivity contribution in [2.24, 2.45) is 10.8 Å². The molecule has 8 nitrogen and oxygen atoms in total. The number of nitrogens with one attached hydrogen (secondary N) is 2. The Hall–Kier alpha value is -2.90. The van der Waals surface area contributed by atoms with Crippen molar-refractivity contribution in [2.45, 2.75) is 32.1 Å². The second kappa shape index (κ2) is 9.87. The van der Waals surface area contributed by atoms with E-state index in [1.807, 2.05) is 22.6 Å². The maximum atomic E-state index is 14.8. The lowest BCUT2D eigenvalue weighted by atomic mass is 9.84. The van der Waals surface area contributed by atoms with E-state index in [0.29, 0.717) is 35.7 Å². The molecular formula is C24H23F3IN3O5. The van der Waals surface area contributed by atoms with Gasteiger partial charge in [0, 0.05) is 25.4 Å². The highest BCUT2D eigenvalue weighted by atomic mass is 127. The van der Waals surface area contributed by atoms with E-state index in [1.54, 1.807) is 6.07 Å². The molecule has 0 spiro atoms. The number of halogens is 4. The zero-order chi connectivity index (χ0) is 26.3. The van der Waals surface area contributed by atoms with Crippen molar-refractivity contribution in [3.05, 3.63) is 55.4 Å². The minimum Gasteiger partial charge on any atom is -0.494 e. The fourth-order valence-corrected chi connectivity index (χ4v) is 4.97. The topological polar surface area (TPSA) is 111 Å². The molecule has 2 N–H and O–H groups in total. The highest BCUT2D eigenvalue weighted by Crippen LogP contribution is 2.62. The lowest BCUT2D eigenvalue weighted by molar-refractivity contribution is -0.491. The van der Waals surface area contributed by atoms with Gasteiger partial charge in [-0.3, -0.25) is 19.7 Å². The number of methoxy groups -OCH3 is 1. The summed E-state index contributed by atoms with van der Waals surface area (Å²) in [7, 11) is 1.21. The molecule has 2 fully saturated rings. The molecule has 12 heteroatoms. The molecule has 2 aromatic rings. The monoisotopic (exact) mass is 617 g/mol. The SMILES string of the molecule is COc1cc(F)c(F)c(Nc2ccc(I)cc2F)c1NCC(=O)C(=O)C1(CC2(C[N+](=O)[O-])CC2)CC1. The quantitative estimate of drug-likeness (QED) is 0.145. The molecule has 2 saturated carbocycles. The Morgan fingerprint density at radius 2 is 1.81 bits per heavy atom. The third-order valence-corrected chi connectivity index (χ3v) is 7.41. The summed E-state index contributed by atoms with van der Waals surface area (Å²) in [4.78, 5) is 36.4. The van der Waals surface area contributed by atoms with Crippen molar-refractivity contribution in [3.8, 4) is 5.75 Å². The van der Waals surface area contributed by atoms with Crippen LogP contribution < -0.4 is 15.4 Å². The van der Waals surface area contributed by atoms with Gasteiger partial charge in [-0.2, -0.15) is 0 Å². The predicted molar refractivity (Wildman–Crippen MR) is 134 cm³/mol. The Balaban J connectivity index is 1.53. The standard InChI is InChI=1S/C24H23F3IN3O5/c1-36-18-9-15(26)19(27)21(30-16-3-2-13(28)8-14(16)25)20(18)29-10-17(32)22(33)24(6-7-24)11-23(4-5-23)12-31(34)35/h2-3,8-9,29-30H,4-7,10-12H2,1H3. The summed E-state index contributed by atoms with van der Waals surface area (Å²) in [6.45, 7) is -0.779. The Bertz CT molecular complexity index is 1250. The normalized spacial score (nSPS) is 16.7. The van der Waals surface area contributed by atoms with Gasteiger partial charge in [-0.1, -0.05) is 0 Å². The van der Waals surface area contributed by atoms with Gasteiger partial charge in [-0.15, -0.1) is 0 Å². The van der Waals surface area contributed by atoms with Gasteiger partial charge >= 0.3 is 0 Å². The molecule has 2 aromatic carbocycles. The summed E-state index contributed by atoms with van der Waals surface area (Å²) in [6.07, 6.45) is 2.53. The van der Waals surface area contributed by atoms with Crippen molar-refractivity contribution in [1.29, 1.82) is 0 Å². The van der Waals surface area contributed by atoms with Crippen LogP contribution in [0.1, 0.15) is 32.1 Å². The van der Waals surface area contributed by atoms with Crippen LogP contribution in [0.15, 0.2) is 24.3 Å². The summed E-state index contributed by atoms with van der Waals surface area (Å²) >= 11 is 1.90. The van der Waals surface area contributed by atoms with Gasteiger partial charge in [-0.25, -0.2) is 13.2 Å². The van der Waals surface area contributed by atoms with E-state index in [2.05, 4.69) is 10.6 Å². The van der Waals surface area contributed by atoms with Crippen LogP contribution in [0.5, 0.6) is 5.75 Å². The second-order valence-electron chi connectivity index (χ2n) is 9.43. The van der Waals surface area contributed by atoms with E-state index < -0.39 is 57.0 Å². The van der Waals surface area contributed by atoms with Gasteiger partial charge in [0.1, 0.15) is 22.9 Å². The molecule has 0 aliphatic heterocycles. The number of carbonyl (C=O) groups excluding carboxylic acids is 2. The van der Waals surface area contributed by atoms with E-state index in [-0.39, 0.29) is 23.7 Å². The van der Waals surface area contributed by atoms with Gasteiger partial charge in [0.05, 0.1) is 19.3 Å². The molecule has 4 rings (SSSR count). The predicted octanol–water partition coefficient (Wildman–Crippen LogP) is 5.24. The summed E-state index contributed by atoms with van der Waals surface area (Å²) in [5.41, 5.74) is -2.23. The largest absolute Gasteiger partial charge is 0.494 e. The van der Waals surface area contributed by atoms with Crippen LogP contribution in [-0.4, -0.2) is 36.7 Å². The number of Topliss-reactive ketones (excluding diaryl/α,β-unsaturated/α-hetero) is 2. The molecule has 2 aliphatic rings. The molecule has 36 heavy (non-hydrogen) atoms. The molecule has 0 amide bonds. The average Bonchev–Trinajstić information content (AvgIpc) is 3.75. The second-order valence-corrected chi connectivity index (χ2v) is 10.7. The number of benzene rings is 2. The number of hydrogen-bond donors (Lipinski definition) is 2. The van der Waals surface area contributed by atoms with Crippen molar-refractivity contribution in [2.75, 3.05) is 30.8 Å². The third kappa shape index (κ3) is 5.42. The summed E-state index contributed by atoms with van der Waals surface area (Å²) in [6, 6.07) is 4.89. The fourth-order valence-electron chi connectivity index (χ4n) is 4.52. The Morgan fingerprint density at radius 1 is 1.11 bits per heavy atom. The first-order chi connectivity index (χ1) is 17.0. The molecule has 0 saturated heterocycles. The van der Waals surface area contributed by atoms with E-state index in [4.69, 9.17) is 4.74 Å². The summed E-state index contributed by atoms with van der Waals surface area (Å²) in [5.74, 6) is -4.88. The molecule has 0 unspecified atom stereocenters. The van der Waals surface area contributed by atoms with Crippen LogP contribution in [0.4, 0.5) is 30.2 Å². The van der Waals surface area contributed by atoms with Crippen molar-refractivity contribution >= 4 is 51.2 Å². The van der Waals surface area contributed by atoms with Crippen molar-refractivity contribution in [3.63, 3.8) is 0 Å². The maximum Gasteiger partial charge on any atom is 0.217 e. The van der Waals surface area contributed by atoms with E-state index in [9.17, 15) is 32.9 Å². The first-order valence-corrected chi connectivity index (χ1v) is 12.3. The third-order valence-electron chi connectivity index (χ3n) is 6.74. The van der Waals surface area contributed by atoms with Crippen LogP contribution in [0.3, 0.4) is 0 Å². The Kier molecular flexibility index (Phi) is 7.17. The van der Waals surface area contributed by atoms with Gasteiger partial charge in [0.15, 0.2) is 11.6 Å². The zero-order valence-corrected chi connectivity index (χ0v) is 21.4. The maximum absolute atomic E-state index is 14.8. The van der Waals surface area contributed by atoms with Crippen LogP contribution in [0.25, 0.3) is 0 Å². The molecule has 0 radical (unpaired) electrons. The molecule has 2 aliphatic carbocycles. The highest BCUT2D eigenvalue weighted by molar-refractivity contribution is 14.1. The van der Waals surface area contributed by atoms with Crippen molar-refractivity contribution in [1.82, 2.24) is 0 Å². The molecule has 0 aromatic heterocycles. The number of ketones is 2. The van der Waals surface area contributed by atoms with Gasteiger partial charge in [0.25, 0.3) is 0 Å². The summed E-state index contributed by atoms with van der Waals surface area (Å²) in [5, 5.41) is 16.1. The number of carbonyl (C=O) groups is 2. The smallest absolute Gasteiger partial charge is 0.217 e. The molecule has 192 valence electrons. The Morgan fingerprint density at radius 3 is 2.36 bits per heavy atom. The lowest BCUT2D eigenvalue weighted by Gasteiger charge is -2.20. The Labute approximate surface area is 218 Å². The molecule has 0 atom stereocenters. The number of ether oxygens (including phenoxy) is 1. The van der Waals surface area contributed by atoms with E-state index in [0.717, 1.165) is 6.07 Å². The van der Waals surface area contributed by atoms with Gasteiger partial charge < -0.3 is 15.4 Å². The number of rotatable bonds is 12. The first kappa shape index (κ1) is 26.2. The fraction of sp³-hybridized carbons (Fsp3) is 0.417. The zero-order valence-electron chi connectivity index (χ0n) is 19.3. The summed E-state index contributed by atoms with van der Waals surface area (Å²) < 4.78 is 49.1. The first-order valence-electron chi connectivity index (χ1n) is 11.2. The van der Waals surface area contributed by atoms with Crippen molar-refractivity contribution < 1.29 is 32.4 Å². The minimum absolute atomic E-state index is 0.134. The van der Waals surface area contributed by atoms with Gasteiger partial charge in [0.2, 0.25) is 18.1 Å². The molecule has 0 heterocycles. The van der Waals surface area contributed by atoms with E-state index >= 15 is 0 Å². The van der Waals surface area contributed by atoms with Crippen LogP contribution in [-0.2, 0) is 9.59 Å². The van der Waals surface area contributed by atoms with Crippen LogP contribution in [0.2, 0.25) is 0 Å². The molecular weight excluding hydrogens is 594 g/mol. The molecule has 0 bridgehead atoms. The minimum atomic E-state index is -1.33. The number of anilines is 3. The highest BCUT2D eigenvalue weighted by Gasteiger charge is 2.60. The number of nitro groups is 1. The van der Waals surface area contributed by atoms with Crippen LogP contribution in [0, 0.1) is 42.0 Å².